The fraction of sp³-hybridized carbons (Fsp3) is 0.588. The summed E-state index contributed by atoms with van der Waals surface area (Å²) in [5.41, 5.74) is 1.40. The van der Waals surface area contributed by atoms with Gasteiger partial charge in [-0.1, -0.05) is 44.2 Å². The van der Waals surface area contributed by atoms with Gasteiger partial charge in [0.2, 0.25) is 5.91 Å². The smallest absolute Gasteiger partial charge is 0.233 e. The monoisotopic (exact) mass is 274 g/mol. The Bertz CT molecular complexity index is 424. The first-order valence-corrected chi connectivity index (χ1v) is 7.56. The van der Waals surface area contributed by atoms with Crippen molar-refractivity contribution in [2.24, 2.45) is 11.3 Å². The minimum absolute atomic E-state index is 0.0769. The van der Waals surface area contributed by atoms with E-state index in [1.54, 1.807) is 0 Å². The summed E-state index contributed by atoms with van der Waals surface area (Å²) in [4.78, 5) is 11.8. The van der Waals surface area contributed by atoms with Gasteiger partial charge in [0.05, 0.1) is 6.54 Å². The fourth-order valence-corrected chi connectivity index (χ4v) is 2.32. The molecule has 1 aromatic carbocycles. The van der Waals surface area contributed by atoms with Crippen LogP contribution in [0.4, 0.5) is 0 Å². The molecule has 0 aliphatic heterocycles. The summed E-state index contributed by atoms with van der Waals surface area (Å²) in [5.74, 6) is 0.920. The number of rotatable bonds is 8. The molecule has 1 aromatic rings. The molecule has 3 heteroatoms. The zero-order valence-corrected chi connectivity index (χ0v) is 12.6. The Hall–Kier alpha value is -1.35. The molecule has 0 radical (unpaired) electrons. The lowest BCUT2D eigenvalue weighted by Gasteiger charge is -2.25. The molecule has 0 spiro atoms. The average Bonchev–Trinajstić information content (AvgIpc) is 3.21. The van der Waals surface area contributed by atoms with Crippen LogP contribution in [0.15, 0.2) is 30.3 Å². The molecule has 110 valence electrons. The predicted octanol–water partition coefficient (Wildman–Crippen LogP) is 2.37. The highest BCUT2D eigenvalue weighted by Gasteiger charge is 2.21. The molecule has 0 aromatic heterocycles. The van der Waals surface area contributed by atoms with Crippen LogP contribution in [-0.4, -0.2) is 25.5 Å². The summed E-state index contributed by atoms with van der Waals surface area (Å²) in [6, 6.07) is 10.4. The van der Waals surface area contributed by atoms with Crippen LogP contribution in [0.2, 0.25) is 0 Å². The van der Waals surface area contributed by atoms with Crippen molar-refractivity contribution in [3.05, 3.63) is 35.9 Å². The van der Waals surface area contributed by atoms with Crippen molar-refractivity contribution in [1.82, 2.24) is 10.6 Å². The predicted molar refractivity (Wildman–Crippen MR) is 82.5 cm³/mol. The summed E-state index contributed by atoms with van der Waals surface area (Å²) in [7, 11) is 0. The molecule has 2 rings (SSSR count). The van der Waals surface area contributed by atoms with Crippen molar-refractivity contribution in [3.63, 3.8) is 0 Å². The van der Waals surface area contributed by atoms with Gasteiger partial charge in [0.1, 0.15) is 0 Å². The van der Waals surface area contributed by atoms with Crippen LogP contribution in [0.3, 0.4) is 0 Å². The van der Waals surface area contributed by atoms with Crippen molar-refractivity contribution in [2.45, 2.75) is 33.1 Å². The maximum absolute atomic E-state index is 11.8. The molecule has 0 heterocycles. The van der Waals surface area contributed by atoms with Crippen molar-refractivity contribution >= 4 is 5.91 Å². The molecule has 0 atom stereocenters. The SMILES string of the molecule is CC(C)(CNC(=O)CNCC1CC1)Cc1ccccc1. The number of hydrogen-bond donors (Lipinski definition) is 2. The fourth-order valence-electron chi connectivity index (χ4n) is 2.32. The van der Waals surface area contributed by atoms with Gasteiger partial charge in [-0.15, -0.1) is 0 Å². The van der Waals surface area contributed by atoms with Crippen LogP contribution < -0.4 is 10.6 Å². The highest BCUT2D eigenvalue weighted by molar-refractivity contribution is 5.78. The van der Waals surface area contributed by atoms with E-state index in [4.69, 9.17) is 0 Å². The lowest BCUT2D eigenvalue weighted by Crippen LogP contribution is -2.40. The highest BCUT2D eigenvalue weighted by atomic mass is 16.1. The molecule has 1 amide bonds. The Balaban J connectivity index is 1.66. The Morgan fingerprint density at radius 1 is 1.25 bits per heavy atom. The second-order valence-corrected chi connectivity index (χ2v) is 6.68. The van der Waals surface area contributed by atoms with Gasteiger partial charge < -0.3 is 10.6 Å². The topological polar surface area (TPSA) is 41.1 Å². The standard InChI is InChI=1S/C17H26N2O/c1-17(2,10-14-6-4-3-5-7-14)13-19-16(20)12-18-11-15-8-9-15/h3-7,15,18H,8-13H2,1-2H3,(H,19,20). The van der Waals surface area contributed by atoms with E-state index >= 15 is 0 Å². The second kappa shape index (κ2) is 6.89. The first-order valence-electron chi connectivity index (χ1n) is 7.56. The van der Waals surface area contributed by atoms with E-state index in [0.29, 0.717) is 13.1 Å². The molecule has 1 aliphatic carbocycles. The normalized spacial score (nSPS) is 15.1. The van der Waals surface area contributed by atoms with Crippen LogP contribution in [0, 0.1) is 11.3 Å². The molecule has 0 unspecified atom stereocenters. The number of carbonyl (C=O) groups is 1. The Kier molecular flexibility index (Phi) is 5.18. The Morgan fingerprint density at radius 2 is 1.95 bits per heavy atom. The average molecular weight is 274 g/mol. The summed E-state index contributed by atoms with van der Waals surface area (Å²) in [6.45, 7) is 6.53. The Morgan fingerprint density at radius 3 is 2.60 bits per heavy atom. The minimum atomic E-state index is 0.0769. The van der Waals surface area contributed by atoms with Crippen LogP contribution in [0.25, 0.3) is 0 Å². The number of carbonyl (C=O) groups excluding carboxylic acids is 1. The number of benzene rings is 1. The van der Waals surface area contributed by atoms with E-state index in [1.165, 1.54) is 18.4 Å². The third kappa shape index (κ3) is 5.74. The van der Waals surface area contributed by atoms with E-state index in [-0.39, 0.29) is 11.3 Å². The zero-order chi connectivity index (χ0) is 14.4. The van der Waals surface area contributed by atoms with E-state index < -0.39 is 0 Å². The molecule has 1 fully saturated rings. The summed E-state index contributed by atoms with van der Waals surface area (Å²) in [5, 5.41) is 6.26. The van der Waals surface area contributed by atoms with Gasteiger partial charge in [0.15, 0.2) is 0 Å². The summed E-state index contributed by atoms with van der Waals surface area (Å²) < 4.78 is 0. The van der Waals surface area contributed by atoms with E-state index in [0.717, 1.165) is 18.9 Å². The van der Waals surface area contributed by atoms with Crippen LogP contribution in [0.1, 0.15) is 32.3 Å². The summed E-state index contributed by atoms with van der Waals surface area (Å²) in [6.07, 6.45) is 3.61. The molecule has 20 heavy (non-hydrogen) atoms. The number of hydrogen-bond acceptors (Lipinski definition) is 2. The number of nitrogens with one attached hydrogen (secondary N) is 2. The van der Waals surface area contributed by atoms with Crippen molar-refractivity contribution in [3.8, 4) is 0 Å². The molecule has 0 saturated heterocycles. The van der Waals surface area contributed by atoms with Crippen molar-refractivity contribution < 1.29 is 4.79 Å². The molecule has 3 nitrogen and oxygen atoms in total. The van der Waals surface area contributed by atoms with Crippen molar-refractivity contribution in [2.75, 3.05) is 19.6 Å². The van der Waals surface area contributed by atoms with Crippen molar-refractivity contribution in [1.29, 1.82) is 0 Å². The quantitative estimate of drug-likeness (QED) is 0.764. The van der Waals surface area contributed by atoms with Gasteiger partial charge in [-0.3, -0.25) is 4.79 Å². The van der Waals surface area contributed by atoms with Gasteiger partial charge in [0, 0.05) is 6.54 Å². The Labute approximate surface area is 122 Å². The molecule has 1 saturated carbocycles. The molecule has 0 bridgehead atoms. The molecule has 1 aliphatic rings. The van der Waals surface area contributed by atoms with Gasteiger partial charge in [-0.05, 0) is 42.7 Å². The third-order valence-electron chi connectivity index (χ3n) is 3.71. The lowest BCUT2D eigenvalue weighted by atomic mass is 9.85. The molecular weight excluding hydrogens is 248 g/mol. The zero-order valence-electron chi connectivity index (χ0n) is 12.6. The van der Waals surface area contributed by atoms with E-state index in [1.807, 2.05) is 6.07 Å². The maximum Gasteiger partial charge on any atom is 0.233 e. The lowest BCUT2D eigenvalue weighted by molar-refractivity contribution is -0.120. The second-order valence-electron chi connectivity index (χ2n) is 6.68. The van der Waals surface area contributed by atoms with Gasteiger partial charge in [-0.25, -0.2) is 0 Å². The van der Waals surface area contributed by atoms with E-state index in [9.17, 15) is 4.79 Å². The van der Waals surface area contributed by atoms with Gasteiger partial charge >= 0.3 is 0 Å². The minimum Gasteiger partial charge on any atom is -0.354 e. The van der Waals surface area contributed by atoms with Crippen LogP contribution in [0.5, 0.6) is 0 Å². The van der Waals surface area contributed by atoms with Crippen LogP contribution >= 0.6 is 0 Å². The number of amides is 1. The van der Waals surface area contributed by atoms with Crippen LogP contribution in [-0.2, 0) is 11.2 Å². The molecular formula is C17H26N2O. The summed E-state index contributed by atoms with van der Waals surface area (Å²) >= 11 is 0. The maximum atomic E-state index is 11.8. The highest BCUT2D eigenvalue weighted by Crippen LogP contribution is 2.27. The molecule has 2 N–H and O–H groups in total. The third-order valence-corrected chi connectivity index (χ3v) is 3.71. The first kappa shape index (κ1) is 15.0. The van der Waals surface area contributed by atoms with Gasteiger partial charge in [0.25, 0.3) is 0 Å². The largest absolute Gasteiger partial charge is 0.354 e. The first-order chi connectivity index (χ1) is 9.55. The van der Waals surface area contributed by atoms with Gasteiger partial charge in [-0.2, -0.15) is 0 Å². The van der Waals surface area contributed by atoms with E-state index in [2.05, 4.69) is 48.7 Å².